The van der Waals surface area contributed by atoms with Crippen LogP contribution in [0.3, 0.4) is 0 Å². The van der Waals surface area contributed by atoms with Gasteiger partial charge in [-0.05, 0) is 72.2 Å². The molecule has 170 valence electrons. The molecule has 0 atom stereocenters. The Morgan fingerprint density at radius 3 is 1.91 bits per heavy atom. The van der Waals surface area contributed by atoms with Crippen molar-refractivity contribution < 1.29 is 4.74 Å². The van der Waals surface area contributed by atoms with E-state index in [0.29, 0.717) is 10.9 Å². The van der Waals surface area contributed by atoms with Crippen LogP contribution in [0.25, 0.3) is 43.6 Å². The molecule has 0 aliphatic heterocycles. The van der Waals surface area contributed by atoms with Crippen molar-refractivity contribution in [2.75, 3.05) is 11.9 Å². The zero-order valence-electron chi connectivity index (χ0n) is 19.7. The molecule has 4 nitrogen and oxygen atoms in total. The van der Waals surface area contributed by atoms with Gasteiger partial charge in [-0.2, -0.15) is 0 Å². The molecule has 0 N–H and O–H groups in total. The zero-order chi connectivity index (χ0) is 24.1. The average molecular weight is 474 g/mol. The second-order valence-corrected chi connectivity index (χ2v) is 9.21. The highest BCUT2D eigenvalue weighted by Crippen LogP contribution is 2.34. The first-order chi connectivity index (χ1) is 17.0. The summed E-state index contributed by atoms with van der Waals surface area (Å²) < 4.78 is 6.07. The maximum absolute atomic E-state index is 6.07. The third-order valence-corrected chi connectivity index (χ3v) is 7.00. The summed E-state index contributed by atoms with van der Waals surface area (Å²) in [6.45, 7) is 4.19. The van der Waals surface area contributed by atoms with Gasteiger partial charge in [-0.1, -0.05) is 54.6 Å². The second-order valence-electron chi connectivity index (χ2n) is 8.86. The number of thiocarbonyl (C=S) groups is 1. The minimum atomic E-state index is 0.373. The molecule has 1 aromatic heterocycles. The molecule has 0 spiro atoms. The van der Waals surface area contributed by atoms with E-state index < -0.39 is 0 Å². The third kappa shape index (κ3) is 3.65. The predicted molar refractivity (Wildman–Crippen MR) is 150 cm³/mol. The van der Waals surface area contributed by atoms with Crippen LogP contribution in [-0.2, 0) is 0 Å². The van der Waals surface area contributed by atoms with Gasteiger partial charge in [-0.3, -0.25) is 0 Å². The van der Waals surface area contributed by atoms with Crippen molar-refractivity contribution >= 4 is 66.7 Å². The van der Waals surface area contributed by atoms with Gasteiger partial charge in [0, 0.05) is 29.6 Å². The lowest BCUT2D eigenvalue weighted by Crippen LogP contribution is -2.29. The highest BCUT2D eigenvalue weighted by atomic mass is 32.1. The summed E-state index contributed by atoms with van der Waals surface area (Å²) in [5, 5.41) is 4.92. The van der Waals surface area contributed by atoms with E-state index in [1.54, 1.807) is 0 Å². The maximum atomic E-state index is 6.07. The molecule has 6 aromatic rings. The van der Waals surface area contributed by atoms with Gasteiger partial charge in [0.2, 0.25) is 0 Å². The third-order valence-electron chi connectivity index (χ3n) is 6.65. The van der Waals surface area contributed by atoms with E-state index in [9.17, 15) is 0 Å². The summed E-state index contributed by atoms with van der Waals surface area (Å²) in [7, 11) is 1.91. The van der Waals surface area contributed by atoms with Gasteiger partial charge in [0.1, 0.15) is 5.75 Å². The first-order valence-electron chi connectivity index (χ1n) is 11.5. The van der Waals surface area contributed by atoms with E-state index in [1.165, 1.54) is 21.9 Å². The lowest BCUT2D eigenvalue weighted by molar-refractivity contribution is 0.553. The number of aryl methyl sites for hydroxylation is 2. The SMILES string of the molecule is Cc1ccc(N(C)C(=S)Oc2ccc3nc4c5ccccc5c5ccccc5c4nc3c2)cc1C. The predicted octanol–water partition coefficient (Wildman–Crippen LogP) is 7.51. The minimum Gasteiger partial charge on any atom is -0.431 e. The van der Waals surface area contributed by atoms with E-state index in [-0.39, 0.29) is 0 Å². The summed E-state index contributed by atoms with van der Waals surface area (Å²) in [5.74, 6) is 0.636. The molecule has 35 heavy (non-hydrogen) atoms. The van der Waals surface area contributed by atoms with Crippen LogP contribution in [0.4, 0.5) is 5.69 Å². The number of aromatic nitrogens is 2. The van der Waals surface area contributed by atoms with Crippen molar-refractivity contribution in [1.29, 1.82) is 0 Å². The number of hydrogen-bond acceptors (Lipinski definition) is 4. The van der Waals surface area contributed by atoms with Gasteiger partial charge in [-0.25, -0.2) is 9.97 Å². The standard InChI is InChI=1S/C30H23N3OS/c1-18-12-13-20(16-19(18)2)33(3)30(35)34-21-14-15-26-27(17-21)32-29-25-11-7-5-9-23(25)22-8-4-6-10-24(22)28(29)31-26/h4-17H,1-3H3. The smallest absolute Gasteiger partial charge is 0.269 e. The van der Waals surface area contributed by atoms with Gasteiger partial charge < -0.3 is 9.64 Å². The Balaban J connectivity index is 1.43. The maximum Gasteiger partial charge on any atom is 0.269 e. The van der Waals surface area contributed by atoms with Gasteiger partial charge in [0.15, 0.2) is 0 Å². The van der Waals surface area contributed by atoms with Crippen molar-refractivity contribution in [3.05, 3.63) is 96.1 Å². The van der Waals surface area contributed by atoms with Crippen molar-refractivity contribution in [2.24, 2.45) is 0 Å². The van der Waals surface area contributed by atoms with Gasteiger partial charge in [-0.15, -0.1) is 0 Å². The first kappa shape index (κ1) is 21.4. The van der Waals surface area contributed by atoms with Crippen LogP contribution in [-0.4, -0.2) is 22.2 Å². The molecular formula is C30H23N3OS. The Morgan fingerprint density at radius 1 is 0.686 bits per heavy atom. The lowest BCUT2D eigenvalue weighted by Gasteiger charge is -2.21. The monoisotopic (exact) mass is 473 g/mol. The summed E-state index contributed by atoms with van der Waals surface area (Å²) in [5.41, 5.74) is 6.83. The number of fused-ring (bicyclic) bond motifs is 7. The van der Waals surface area contributed by atoms with E-state index in [2.05, 4.69) is 62.4 Å². The second kappa shape index (κ2) is 8.29. The van der Waals surface area contributed by atoms with Crippen LogP contribution in [0, 0.1) is 13.8 Å². The van der Waals surface area contributed by atoms with Crippen LogP contribution in [0.5, 0.6) is 5.75 Å². The molecule has 5 aromatic carbocycles. The molecule has 5 heteroatoms. The fourth-order valence-electron chi connectivity index (χ4n) is 4.53. The molecule has 0 fully saturated rings. The van der Waals surface area contributed by atoms with Crippen LogP contribution < -0.4 is 9.64 Å². The minimum absolute atomic E-state index is 0.373. The average Bonchev–Trinajstić information content (AvgIpc) is 2.89. The number of ether oxygens (including phenoxy) is 1. The van der Waals surface area contributed by atoms with Gasteiger partial charge in [0.25, 0.3) is 5.17 Å². The van der Waals surface area contributed by atoms with E-state index in [4.69, 9.17) is 26.9 Å². The molecular weight excluding hydrogens is 450 g/mol. The number of benzene rings is 5. The number of hydrogen-bond donors (Lipinski definition) is 0. The van der Waals surface area contributed by atoms with Crippen molar-refractivity contribution in [3.63, 3.8) is 0 Å². The van der Waals surface area contributed by atoms with E-state index in [0.717, 1.165) is 38.5 Å². The fraction of sp³-hybridized carbons (Fsp3) is 0.100. The molecule has 0 saturated heterocycles. The van der Waals surface area contributed by atoms with Gasteiger partial charge in [0.05, 0.1) is 22.1 Å². The Kier molecular flexibility index (Phi) is 5.08. The number of rotatable bonds is 2. The Labute approximate surface area is 208 Å². The van der Waals surface area contributed by atoms with Crippen molar-refractivity contribution in [2.45, 2.75) is 13.8 Å². The molecule has 0 amide bonds. The summed E-state index contributed by atoms with van der Waals surface area (Å²) in [6.07, 6.45) is 0. The van der Waals surface area contributed by atoms with Crippen LogP contribution in [0.1, 0.15) is 11.1 Å². The molecule has 0 aliphatic rings. The fourth-order valence-corrected chi connectivity index (χ4v) is 4.73. The summed E-state index contributed by atoms with van der Waals surface area (Å²) in [4.78, 5) is 11.9. The Hall–Kier alpha value is -4.09. The normalized spacial score (nSPS) is 11.4. The largest absolute Gasteiger partial charge is 0.431 e. The lowest BCUT2D eigenvalue weighted by atomic mass is 9.99. The first-order valence-corrected chi connectivity index (χ1v) is 11.9. The highest BCUT2D eigenvalue weighted by molar-refractivity contribution is 7.80. The van der Waals surface area contributed by atoms with Crippen LogP contribution in [0.15, 0.2) is 84.9 Å². The van der Waals surface area contributed by atoms with Crippen LogP contribution in [0.2, 0.25) is 0 Å². The molecule has 0 radical (unpaired) electrons. The Morgan fingerprint density at radius 2 is 1.29 bits per heavy atom. The quantitative estimate of drug-likeness (QED) is 0.148. The Bertz CT molecular complexity index is 1790. The zero-order valence-corrected chi connectivity index (χ0v) is 20.6. The van der Waals surface area contributed by atoms with E-state index >= 15 is 0 Å². The molecule has 0 saturated carbocycles. The molecule has 0 bridgehead atoms. The topological polar surface area (TPSA) is 38.2 Å². The molecule has 1 heterocycles. The highest BCUT2D eigenvalue weighted by Gasteiger charge is 2.14. The summed E-state index contributed by atoms with van der Waals surface area (Å²) >= 11 is 5.60. The molecule has 0 aliphatic carbocycles. The number of nitrogens with zero attached hydrogens (tertiary/aromatic N) is 3. The van der Waals surface area contributed by atoms with Crippen molar-refractivity contribution in [1.82, 2.24) is 9.97 Å². The molecule has 6 rings (SSSR count). The number of anilines is 1. The van der Waals surface area contributed by atoms with Crippen LogP contribution >= 0.6 is 12.2 Å². The van der Waals surface area contributed by atoms with Gasteiger partial charge >= 0.3 is 0 Å². The summed E-state index contributed by atoms with van der Waals surface area (Å²) in [6, 6.07) is 28.7. The van der Waals surface area contributed by atoms with Crippen molar-refractivity contribution in [3.8, 4) is 5.75 Å². The van der Waals surface area contributed by atoms with E-state index in [1.807, 2.05) is 48.3 Å². The molecule has 0 unspecified atom stereocenters.